The summed E-state index contributed by atoms with van der Waals surface area (Å²) in [6, 6.07) is 4.04. The van der Waals surface area contributed by atoms with E-state index < -0.39 is 4.92 Å². The van der Waals surface area contributed by atoms with Crippen molar-refractivity contribution in [3.05, 3.63) is 34.1 Å². The normalized spacial score (nSPS) is 18.3. The molecule has 1 aliphatic heterocycles. The van der Waals surface area contributed by atoms with Gasteiger partial charge in [0.2, 0.25) is 0 Å². The Hall–Kier alpha value is -2.48. The molecule has 2 N–H and O–H groups in total. The minimum atomic E-state index is -0.646. The van der Waals surface area contributed by atoms with Crippen molar-refractivity contribution in [2.24, 2.45) is 0 Å². The molecule has 3 rings (SSSR count). The first-order chi connectivity index (χ1) is 9.65. The zero-order valence-corrected chi connectivity index (χ0v) is 10.4. The molecule has 1 aromatic heterocycles. The number of phenolic OH excluding ortho intramolecular Hbond substituents is 1. The van der Waals surface area contributed by atoms with Crippen LogP contribution in [-0.2, 0) is 4.74 Å². The molecule has 1 unspecified atom stereocenters. The van der Waals surface area contributed by atoms with Crippen LogP contribution in [0, 0.1) is 10.1 Å². The zero-order chi connectivity index (χ0) is 14.1. The van der Waals surface area contributed by atoms with Crippen LogP contribution in [0.4, 0.5) is 5.69 Å². The Labute approximate surface area is 113 Å². The van der Waals surface area contributed by atoms with Crippen LogP contribution < -0.4 is 0 Å². The van der Waals surface area contributed by atoms with Crippen LogP contribution in [0.3, 0.4) is 0 Å². The van der Waals surface area contributed by atoms with Gasteiger partial charge >= 0.3 is 5.69 Å². The molecule has 1 atom stereocenters. The van der Waals surface area contributed by atoms with Crippen LogP contribution in [0.15, 0.2) is 18.2 Å². The number of ether oxygens (including phenoxy) is 1. The first-order valence-corrected chi connectivity index (χ1v) is 6.17. The maximum absolute atomic E-state index is 10.8. The van der Waals surface area contributed by atoms with E-state index in [4.69, 9.17) is 4.74 Å². The summed E-state index contributed by atoms with van der Waals surface area (Å²) in [7, 11) is 0. The molecule has 0 aliphatic carbocycles. The van der Waals surface area contributed by atoms with Gasteiger partial charge in [-0.05, 0) is 25.0 Å². The van der Waals surface area contributed by atoms with E-state index in [1.165, 1.54) is 18.2 Å². The average molecular weight is 276 g/mol. The van der Waals surface area contributed by atoms with Gasteiger partial charge < -0.3 is 9.84 Å². The Morgan fingerprint density at radius 2 is 2.35 bits per heavy atom. The van der Waals surface area contributed by atoms with Crippen LogP contribution in [0.2, 0.25) is 0 Å². The highest BCUT2D eigenvalue weighted by Gasteiger charge is 2.22. The maximum atomic E-state index is 10.8. The van der Waals surface area contributed by atoms with Gasteiger partial charge in [-0.3, -0.25) is 15.2 Å². The number of benzene rings is 1. The summed E-state index contributed by atoms with van der Waals surface area (Å²) < 4.78 is 5.49. The van der Waals surface area contributed by atoms with Crippen LogP contribution in [0.25, 0.3) is 11.4 Å². The summed E-state index contributed by atoms with van der Waals surface area (Å²) in [6.07, 6.45) is 1.76. The van der Waals surface area contributed by atoms with E-state index in [1.807, 2.05) is 0 Å². The van der Waals surface area contributed by atoms with E-state index in [0.717, 1.165) is 12.8 Å². The second kappa shape index (κ2) is 4.89. The van der Waals surface area contributed by atoms with E-state index in [2.05, 4.69) is 15.2 Å². The lowest BCUT2D eigenvalue weighted by Gasteiger charge is -2.03. The van der Waals surface area contributed by atoms with Gasteiger partial charge in [0.25, 0.3) is 0 Å². The minimum Gasteiger partial charge on any atom is -0.502 e. The number of nitro benzene ring substituents is 1. The fourth-order valence-electron chi connectivity index (χ4n) is 2.15. The highest BCUT2D eigenvalue weighted by molar-refractivity contribution is 5.63. The fourth-order valence-corrected chi connectivity index (χ4v) is 2.15. The smallest absolute Gasteiger partial charge is 0.311 e. The van der Waals surface area contributed by atoms with Crippen molar-refractivity contribution in [1.29, 1.82) is 0 Å². The molecule has 104 valence electrons. The van der Waals surface area contributed by atoms with E-state index in [0.29, 0.717) is 23.8 Å². The third kappa shape index (κ3) is 2.21. The molecular weight excluding hydrogens is 264 g/mol. The van der Waals surface area contributed by atoms with Gasteiger partial charge in [0.15, 0.2) is 17.4 Å². The van der Waals surface area contributed by atoms with E-state index in [9.17, 15) is 15.2 Å². The second-order valence-electron chi connectivity index (χ2n) is 4.51. The van der Waals surface area contributed by atoms with E-state index in [-0.39, 0.29) is 17.5 Å². The Morgan fingerprint density at radius 1 is 1.50 bits per heavy atom. The molecular formula is C12H12N4O4. The second-order valence-corrected chi connectivity index (χ2v) is 4.51. The van der Waals surface area contributed by atoms with Crippen molar-refractivity contribution in [3.63, 3.8) is 0 Å². The van der Waals surface area contributed by atoms with Gasteiger partial charge in [0.1, 0.15) is 6.10 Å². The molecule has 1 fully saturated rings. The largest absolute Gasteiger partial charge is 0.502 e. The van der Waals surface area contributed by atoms with Gasteiger partial charge in [0.05, 0.1) is 4.92 Å². The average Bonchev–Trinajstić information content (AvgIpc) is 3.09. The number of hydrogen-bond acceptors (Lipinski definition) is 6. The lowest BCUT2D eigenvalue weighted by molar-refractivity contribution is -0.385. The molecule has 2 aromatic rings. The number of aromatic amines is 1. The van der Waals surface area contributed by atoms with Crippen LogP contribution in [0.1, 0.15) is 24.8 Å². The lowest BCUT2D eigenvalue weighted by atomic mass is 10.2. The number of hydrogen-bond donors (Lipinski definition) is 2. The summed E-state index contributed by atoms with van der Waals surface area (Å²) in [4.78, 5) is 14.4. The predicted octanol–water partition coefficient (Wildman–Crippen LogP) is 1.94. The first kappa shape index (κ1) is 12.5. The molecule has 2 heterocycles. The Kier molecular flexibility index (Phi) is 3.07. The summed E-state index contributed by atoms with van der Waals surface area (Å²) in [5.41, 5.74) is 0.0981. The van der Waals surface area contributed by atoms with Gasteiger partial charge in [0, 0.05) is 18.2 Å². The minimum absolute atomic E-state index is 0.0941. The monoisotopic (exact) mass is 276 g/mol. The highest BCUT2D eigenvalue weighted by atomic mass is 16.6. The zero-order valence-electron chi connectivity index (χ0n) is 10.4. The van der Waals surface area contributed by atoms with Crippen LogP contribution in [0.5, 0.6) is 5.75 Å². The Bertz CT molecular complexity index is 649. The number of aromatic hydroxyl groups is 1. The molecule has 1 aliphatic rings. The van der Waals surface area contributed by atoms with Crippen LogP contribution in [-0.4, -0.2) is 31.8 Å². The number of H-pyrrole nitrogens is 1. The summed E-state index contributed by atoms with van der Waals surface area (Å²) >= 11 is 0. The lowest BCUT2D eigenvalue weighted by Crippen LogP contribution is -1.98. The molecule has 0 radical (unpaired) electrons. The highest BCUT2D eigenvalue weighted by Crippen LogP contribution is 2.31. The molecule has 1 aromatic carbocycles. The molecule has 0 spiro atoms. The van der Waals surface area contributed by atoms with Gasteiger partial charge in [-0.15, -0.1) is 0 Å². The molecule has 0 saturated carbocycles. The molecule has 8 nitrogen and oxygen atoms in total. The molecule has 0 bridgehead atoms. The van der Waals surface area contributed by atoms with Gasteiger partial charge in [-0.25, -0.2) is 4.98 Å². The number of nitrogens with one attached hydrogen (secondary N) is 1. The summed E-state index contributed by atoms with van der Waals surface area (Å²) in [5.74, 6) is 0.584. The van der Waals surface area contributed by atoms with Gasteiger partial charge in [-0.2, -0.15) is 5.10 Å². The summed E-state index contributed by atoms with van der Waals surface area (Å²) in [6.45, 7) is 0.700. The molecule has 8 heteroatoms. The Balaban J connectivity index is 1.93. The quantitative estimate of drug-likeness (QED) is 0.654. The Morgan fingerprint density at radius 3 is 3.05 bits per heavy atom. The SMILES string of the molecule is O=[N+]([O-])c1cc(-c2n[nH]c(C3CCCO3)n2)ccc1O. The third-order valence-corrected chi connectivity index (χ3v) is 3.17. The molecule has 0 amide bonds. The van der Waals surface area contributed by atoms with E-state index >= 15 is 0 Å². The number of nitro groups is 1. The standard InChI is InChI=1S/C12H12N4O4/c17-9-4-3-7(6-8(9)16(18)19)11-13-12(15-14-11)10-2-1-5-20-10/h3-4,6,10,17H,1-2,5H2,(H,13,14,15). The molecule has 1 saturated heterocycles. The topological polar surface area (TPSA) is 114 Å². The summed E-state index contributed by atoms with van der Waals surface area (Å²) in [5, 5.41) is 27.0. The third-order valence-electron chi connectivity index (χ3n) is 3.17. The van der Waals surface area contributed by atoms with Crippen molar-refractivity contribution in [2.45, 2.75) is 18.9 Å². The number of aromatic nitrogens is 3. The van der Waals surface area contributed by atoms with Crippen LogP contribution >= 0.6 is 0 Å². The number of nitrogens with zero attached hydrogens (tertiary/aromatic N) is 3. The predicted molar refractivity (Wildman–Crippen MR) is 68.1 cm³/mol. The first-order valence-electron chi connectivity index (χ1n) is 6.17. The van der Waals surface area contributed by atoms with Crippen molar-refractivity contribution < 1.29 is 14.8 Å². The number of phenols is 1. The van der Waals surface area contributed by atoms with Crippen molar-refractivity contribution in [2.75, 3.05) is 6.61 Å². The van der Waals surface area contributed by atoms with E-state index in [1.54, 1.807) is 0 Å². The number of rotatable bonds is 3. The molecule has 20 heavy (non-hydrogen) atoms. The van der Waals surface area contributed by atoms with Crippen molar-refractivity contribution >= 4 is 5.69 Å². The van der Waals surface area contributed by atoms with Crippen molar-refractivity contribution in [3.8, 4) is 17.1 Å². The van der Waals surface area contributed by atoms with Crippen molar-refractivity contribution in [1.82, 2.24) is 15.2 Å². The fraction of sp³-hybridized carbons (Fsp3) is 0.333. The van der Waals surface area contributed by atoms with Gasteiger partial charge in [-0.1, -0.05) is 0 Å². The maximum Gasteiger partial charge on any atom is 0.311 e.